The quantitative estimate of drug-likeness (QED) is 0.769. The third-order valence-corrected chi connectivity index (χ3v) is 4.92. The van der Waals surface area contributed by atoms with Gasteiger partial charge in [-0.05, 0) is 19.8 Å². The summed E-state index contributed by atoms with van der Waals surface area (Å²) in [4.78, 5) is 0. The van der Waals surface area contributed by atoms with Gasteiger partial charge in [0.2, 0.25) is 0 Å². The van der Waals surface area contributed by atoms with Crippen LogP contribution in [-0.4, -0.2) is 20.8 Å². The Bertz CT molecular complexity index is 544. The van der Waals surface area contributed by atoms with E-state index in [4.69, 9.17) is 14.2 Å². The van der Waals surface area contributed by atoms with E-state index in [1.807, 2.05) is 12.1 Å². The third kappa shape index (κ3) is 1.80. The number of hydrogen-bond donors (Lipinski definition) is 0. The van der Waals surface area contributed by atoms with Crippen LogP contribution in [-0.2, 0) is 5.41 Å². The molecule has 0 bridgehead atoms. The van der Waals surface area contributed by atoms with Gasteiger partial charge in [0.25, 0.3) is 0 Å². The first-order chi connectivity index (χ1) is 9.60. The highest BCUT2D eigenvalue weighted by atomic mass is 16.5. The molecule has 1 aromatic rings. The Labute approximate surface area is 120 Å². The average molecular weight is 274 g/mol. The summed E-state index contributed by atoms with van der Waals surface area (Å²) in [6, 6.07) is 3.94. The molecule has 20 heavy (non-hydrogen) atoms. The molecule has 0 fully saturated rings. The minimum atomic E-state index is 0.0873. The Morgan fingerprint density at radius 3 is 2.75 bits per heavy atom. The molecule has 3 rings (SSSR count). The highest BCUT2D eigenvalue weighted by Gasteiger charge is 2.45. The van der Waals surface area contributed by atoms with Gasteiger partial charge in [-0.15, -0.1) is 0 Å². The molecule has 0 N–H and O–H groups in total. The Hall–Kier alpha value is -1.64. The van der Waals surface area contributed by atoms with Gasteiger partial charge in [0.05, 0.1) is 20.8 Å². The smallest absolute Gasteiger partial charge is 0.130 e. The molecule has 3 heteroatoms. The van der Waals surface area contributed by atoms with E-state index in [1.165, 1.54) is 11.1 Å². The first-order valence-corrected chi connectivity index (χ1v) is 7.16. The summed E-state index contributed by atoms with van der Waals surface area (Å²) in [5, 5.41) is 0. The number of hydrogen-bond acceptors (Lipinski definition) is 3. The van der Waals surface area contributed by atoms with Crippen molar-refractivity contribution in [3.8, 4) is 17.2 Å². The van der Waals surface area contributed by atoms with Crippen molar-refractivity contribution < 1.29 is 14.2 Å². The van der Waals surface area contributed by atoms with Gasteiger partial charge in [0.1, 0.15) is 17.2 Å². The van der Waals surface area contributed by atoms with Crippen molar-refractivity contribution in [2.24, 2.45) is 5.92 Å². The van der Waals surface area contributed by atoms with Crippen LogP contribution in [0.3, 0.4) is 0 Å². The SMILES string of the molecule is COc1cc(OC)c2c(c1)OC[C@H]1C(C)=CCC[C@]21C. The minimum absolute atomic E-state index is 0.0873. The first-order valence-electron chi connectivity index (χ1n) is 7.16. The van der Waals surface area contributed by atoms with E-state index in [-0.39, 0.29) is 5.41 Å². The normalized spacial score (nSPS) is 27.8. The second-order valence-corrected chi connectivity index (χ2v) is 5.97. The molecule has 2 atom stereocenters. The van der Waals surface area contributed by atoms with E-state index in [0.717, 1.165) is 36.7 Å². The van der Waals surface area contributed by atoms with Crippen molar-refractivity contribution in [2.75, 3.05) is 20.8 Å². The molecule has 0 saturated heterocycles. The lowest BCUT2D eigenvalue weighted by molar-refractivity contribution is 0.145. The van der Waals surface area contributed by atoms with Crippen molar-refractivity contribution in [2.45, 2.75) is 32.1 Å². The predicted octanol–water partition coefficient (Wildman–Crippen LogP) is 3.71. The number of fused-ring (bicyclic) bond motifs is 3. The lowest BCUT2D eigenvalue weighted by Gasteiger charge is -2.46. The van der Waals surface area contributed by atoms with Gasteiger partial charge in [-0.3, -0.25) is 0 Å². The summed E-state index contributed by atoms with van der Waals surface area (Å²) >= 11 is 0. The topological polar surface area (TPSA) is 27.7 Å². The van der Waals surface area contributed by atoms with Crippen LogP contribution in [0.15, 0.2) is 23.8 Å². The zero-order chi connectivity index (χ0) is 14.3. The molecule has 2 aliphatic rings. The second kappa shape index (κ2) is 4.72. The Kier molecular flexibility index (Phi) is 3.15. The molecule has 3 nitrogen and oxygen atoms in total. The Morgan fingerprint density at radius 1 is 1.25 bits per heavy atom. The molecule has 1 heterocycles. The molecular formula is C17H22O3. The number of benzene rings is 1. The third-order valence-electron chi connectivity index (χ3n) is 4.92. The first kappa shape index (κ1) is 13.3. The van der Waals surface area contributed by atoms with Crippen molar-refractivity contribution >= 4 is 0 Å². The van der Waals surface area contributed by atoms with Crippen LogP contribution in [0.4, 0.5) is 0 Å². The monoisotopic (exact) mass is 274 g/mol. The van der Waals surface area contributed by atoms with Crippen LogP contribution in [0.2, 0.25) is 0 Å². The minimum Gasteiger partial charge on any atom is -0.496 e. The standard InChI is InChI=1S/C17H22O3/c1-11-6-5-7-17(2)13(11)10-20-15-9-12(18-3)8-14(19-4)16(15)17/h6,8-9,13H,5,7,10H2,1-4H3/t13-,17-/m0/s1. The summed E-state index contributed by atoms with van der Waals surface area (Å²) in [5.41, 5.74) is 2.72. The molecule has 0 spiro atoms. The van der Waals surface area contributed by atoms with E-state index >= 15 is 0 Å². The van der Waals surface area contributed by atoms with Crippen molar-refractivity contribution in [1.29, 1.82) is 0 Å². The Morgan fingerprint density at radius 2 is 2.05 bits per heavy atom. The van der Waals surface area contributed by atoms with Gasteiger partial charge in [0, 0.05) is 29.0 Å². The van der Waals surface area contributed by atoms with Crippen molar-refractivity contribution in [1.82, 2.24) is 0 Å². The lowest BCUT2D eigenvalue weighted by Crippen LogP contribution is -2.42. The average Bonchev–Trinajstić information content (AvgIpc) is 2.45. The molecule has 0 saturated carbocycles. The molecule has 1 aliphatic heterocycles. The van der Waals surface area contributed by atoms with Crippen LogP contribution in [0.5, 0.6) is 17.2 Å². The van der Waals surface area contributed by atoms with Crippen LogP contribution >= 0.6 is 0 Å². The van der Waals surface area contributed by atoms with Crippen LogP contribution < -0.4 is 14.2 Å². The van der Waals surface area contributed by atoms with Crippen molar-refractivity contribution in [3.63, 3.8) is 0 Å². The summed E-state index contributed by atoms with van der Waals surface area (Å²) in [6.07, 6.45) is 4.60. The summed E-state index contributed by atoms with van der Waals surface area (Å²) in [6.45, 7) is 5.29. The maximum Gasteiger partial charge on any atom is 0.130 e. The number of methoxy groups -OCH3 is 2. The highest BCUT2D eigenvalue weighted by molar-refractivity contribution is 5.56. The van der Waals surface area contributed by atoms with Gasteiger partial charge in [-0.2, -0.15) is 0 Å². The maximum atomic E-state index is 6.01. The fraction of sp³-hybridized carbons (Fsp3) is 0.529. The van der Waals surface area contributed by atoms with Gasteiger partial charge >= 0.3 is 0 Å². The van der Waals surface area contributed by atoms with Gasteiger partial charge in [-0.25, -0.2) is 0 Å². The van der Waals surface area contributed by atoms with Gasteiger partial charge in [0.15, 0.2) is 0 Å². The van der Waals surface area contributed by atoms with Crippen LogP contribution in [0, 0.1) is 5.92 Å². The van der Waals surface area contributed by atoms with E-state index in [1.54, 1.807) is 14.2 Å². The molecule has 0 unspecified atom stereocenters. The maximum absolute atomic E-state index is 6.01. The summed E-state index contributed by atoms with van der Waals surface area (Å²) in [5.74, 6) is 3.01. The largest absolute Gasteiger partial charge is 0.496 e. The summed E-state index contributed by atoms with van der Waals surface area (Å²) < 4.78 is 17.0. The molecule has 0 amide bonds. The molecule has 108 valence electrons. The van der Waals surface area contributed by atoms with E-state index in [0.29, 0.717) is 5.92 Å². The zero-order valence-corrected chi connectivity index (χ0v) is 12.7. The number of ether oxygens (including phenoxy) is 3. The molecular weight excluding hydrogens is 252 g/mol. The van der Waals surface area contributed by atoms with Gasteiger partial charge in [-0.1, -0.05) is 18.6 Å². The van der Waals surface area contributed by atoms with E-state index in [9.17, 15) is 0 Å². The fourth-order valence-electron chi connectivity index (χ4n) is 3.73. The number of rotatable bonds is 2. The van der Waals surface area contributed by atoms with E-state index in [2.05, 4.69) is 19.9 Å². The molecule has 0 radical (unpaired) electrons. The lowest BCUT2D eigenvalue weighted by atomic mass is 9.62. The number of allylic oxidation sites excluding steroid dienone is 1. The molecule has 1 aliphatic carbocycles. The van der Waals surface area contributed by atoms with E-state index < -0.39 is 0 Å². The highest BCUT2D eigenvalue weighted by Crippen LogP contribution is 2.54. The zero-order valence-electron chi connectivity index (χ0n) is 12.7. The molecule has 0 aromatic heterocycles. The molecule has 1 aromatic carbocycles. The van der Waals surface area contributed by atoms with Crippen LogP contribution in [0.25, 0.3) is 0 Å². The predicted molar refractivity (Wildman–Crippen MR) is 78.9 cm³/mol. The second-order valence-electron chi connectivity index (χ2n) is 5.97. The summed E-state index contributed by atoms with van der Waals surface area (Å²) in [7, 11) is 3.38. The fourth-order valence-corrected chi connectivity index (χ4v) is 3.73. The van der Waals surface area contributed by atoms with Crippen LogP contribution in [0.1, 0.15) is 32.3 Å². The van der Waals surface area contributed by atoms with Crippen molar-refractivity contribution in [3.05, 3.63) is 29.3 Å². The van der Waals surface area contributed by atoms with Gasteiger partial charge < -0.3 is 14.2 Å². The Balaban J connectivity index is 2.18.